The molecule has 0 radical (unpaired) electrons. The molecule has 35 heavy (non-hydrogen) atoms. The Hall–Kier alpha value is -4.11. The van der Waals surface area contributed by atoms with E-state index >= 15 is 0 Å². The summed E-state index contributed by atoms with van der Waals surface area (Å²) in [5, 5.41) is 12.5. The molecule has 1 amide bonds. The normalized spacial score (nSPS) is 14.4. The Labute approximate surface area is 203 Å². The average molecular weight is 469 g/mol. The molecule has 2 N–H and O–H groups in total. The van der Waals surface area contributed by atoms with Gasteiger partial charge in [-0.2, -0.15) is 10.2 Å². The molecule has 2 aromatic heterocycles. The molecule has 1 saturated heterocycles. The van der Waals surface area contributed by atoms with E-state index in [9.17, 15) is 4.79 Å². The van der Waals surface area contributed by atoms with Crippen molar-refractivity contribution in [1.82, 2.24) is 30.0 Å². The Kier molecular flexibility index (Phi) is 7.05. The van der Waals surface area contributed by atoms with Crippen LogP contribution in [0.1, 0.15) is 35.2 Å². The molecule has 1 aliphatic heterocycles. The number of rotatable bonds is 8. The van der Waals surface area contributed by atoms with Crippen molar-refractivity contribution in [2.24, 2.45) is 5.10 Å². The fourth-order valence-corrected chi connectivity index (χ4v) is 4.19. The van der Waals surface area contributed by atoms with Crippen LogP contribution in [0.25, 0.3) is 16.7 Å². The van der Waals surface area contributed by atoms with Gasteiger partial charge in [-0.15, -0.1) is 0 Å². The molecule has 0 bridgehead atoms. The van der Waals surface area contributed by atoms with E-state index in [0.29, 0.717) is 23.6 Å². The number of para-hydroxylation sites is 1. The lowest BCUT2D eigenvalue weighted by molar-refractivity contribution is 0.0946. The van der Waals surface area contributed by atoms with Crippen molar-refractivity contribution in [2.75, 3.05) is 31.6 Å². The number of anilines is 1. The molecule has 9 heteroatoms. The van der Waals surface area contributed by atoms with Crippen molar-refractivity contribution in [1.29, 1.82) is 0 Å². The van der Waals surface area contributed by atoms with Crippen LogP contribution in [0, 0.1) is 0 Å². The fraction of sp³-hybridized carbons (Fsp3) is 0.269. The molecule has 0 spiro atoms. The zero-order valence-corrected chi connectivity index (χ0v) is 19.5. The maximum atomic E-state index is 12.4. The minimum atomic E-state index is -0.0533. The molecule has 2 aromatic carbocycles. The molecular weight excluding hydrogens is 440 g/mol. The first-order valence-corrected chi connectivity index (χ1v) is 11.9. The topological polar surface area (TPSA) is 100 Å². The molecule has 1 aliphatic rings. The number of nitrogens with one attached hydrogen (secondary N) is 2. The zero-order valence-electron chi connectivity index (χ0n) is 19.5. The van der Waals surface area contributed by atoms with Gasteiger partial charge in [0, 0.05) is 18.7 Å². The van der Waals surface area contributed by atoms with Crippen LogP contribution in [0.5, 0.6) is 0 Å². The van der Waals surface area contributed by atoms with Crippen molar-refractivity contribution in [3.05, 3.63) is 78.2 Å². The first-order valence-electron chi connectivity index (χ1n) is 11.9. The molecule has 4 aromatic rings. The van der Waals surface area contributed by atoms with Crippen LogP contribution >= 0.6 is 0 Å². The van der Waals surface area contributed by atoms with Gasteiger partial charge in [0.2, 0.25) is 0 Å². The highest BCUT2D eigenvalue weighted by atomic mass is 16.1. The molecule has 9 nitrogen and oxygen atoms in total. The summed E-state index contributed by atoms with van der Waals surface area (Å²) in [6, 6.07) is 17.2. The Balaban J connectivity index is 1.18. The lowest BCUT2D eigenvalue weighted by atomic mass is 10.1. The largest absolute Gasteiger partial charge is 0.351 e. The van der Waals surface area contributed by atoms with Crippen LogP contribution in [0.3, 0.4) is 0 Å². The van der Waals surface area contributed by atoms with Gasteiger partial charge in [-0.25, -0.2) is 14.6 Å². The van der Waals surface area contributed by atoms with E-state index in [-0.39, 0.29) is 5.91 Å². The van der Waals surface area contributed by atoms with Crippen LogP contribution in [0.15, 0.2) is 72.2 Å². The Bertz CT molecular complexity index is 1290. The van der Waals surface area contributed by atoms with Gasteiger partial charge in [0.05, 0.1) is 23.5 Å². The number of hydrogen-bond donors (Lipinski definition) is 2. The number of nitrogens with zero attached hydrogens (tertiary/aromatic N) is 6. The number of aromatic nitrogens is 4. The van der Waals surface area contributed by atoms with E-state index in [2.05, 4.69) is 35.8 Å². The van der Waals surface area contributed by atoms with E-state index in [0.717, 1.165) is 36.3 Å². The Morgan fingerprint density at radius 3 is 2.60 bits per heavy atom. The molecule has 0 aliphatic carbocycles. The first-order chi connectivity index (χ1) is 17.3. The number of benzene rings is 2. The summed E-state index contributed by atoms with van der Waals surface area (Å²) in [6.07, 6.45) is 8.72. The van der Waals surface area contributed by atoms with Crippen molar-refractivity contribution < 1.29 is 4.79 Å². The molecule has 3 heterocycles. The van der Waals surface area contributed by atoms with Crippen LogP contribution in [0.4, 0.5) is 5.82 Å². The Morgan fingerprint density at radius 2 is 1.80 bits per heavy atom. The van der Waals surface area contributed by atoms with Gasteiger partial charge in [-0.05, 0) is 55.8 Å². The van der Waals surface area contributed by atoms with Crippen molar-refractivity contribution in [3.63, 3.8) is 0 Å². The summed E-state index contributed by atoms with van der Waals surface area (Å²) >= 11 is 0. The standard InChI is InChI=1S/C26H28N8O/c35-26(27-13-16-33-14-5-2-6-15-33)21-11-9-20(10-12-21)17-30-32-24-23-18-31-34(25(23)29-19-28-24)22-7-3-1-4-8-22/h1,3-4,7-12,17-19H,2,5-6,13-16H2,(H,27,35)(H,28,29,32)/b30-17+. The van der Waals surface area contributed by atoms with Gasteiger partial charge < -0.3 is 10.2 Å². The highest BCUT2D eigenvalue weighted by Crippen LogP contribution is 2.21. The summed E-state index contributed by atoms with van der Waals surface area (Å²) in [6.45, 7) is 3.84. The van der Waals surface area contributed by atoms with Crippen LogP contribution in [-0.4, -0.2) is 62.9 Å². The van der Waals surface area contributed by atoms with Gasteiger partial charge in [0.15, 0.2) is 11.5 Å². The lowest BCUT2D eigenvalue weighted by Crippen LogP contribution is -2.37. The zero-order chi connectivity index (χ0) is 23.9. The van der Waals surface area contributed by atoms with E-state index in [1.165, 1.54) is 25.6 Å². The summed E-state index contributed by atoms with van der Waals surface area (Å²) < 4.78 is 1.77. The number of carbonyl (C=O) groups excluding carboxylic acids is 1. The molecule has 0 saturated carbocycles. The molecule has 0 atom stereocenters. The fourth-order valence-electron chi connectivity index (χ4n) is 4.19. The summed E-state index contributed by atoms with van der Waals surface area (Å²) in [7, 11) is 0. The number of piperidine rings is 1. The molecule has 5 rings (SSSR count). The number of fused-ring (bicyclic) bond motifs is 1. The minimum absolute atomic E-state index is 0.0533. The van der Waals surface area contributed by atoms with Gasteiger partial charge in [0.1, 0.15) is 6.33 Å². The molecule has 178 valence electrons. The van der Waals surface area contributed by atoms with Crippen molar-refractivity contribution in [2.45, 2.75) is 19.3 Å². The average Bonchev–Trinajstić information content (AvgIpc) is 3.35. The van der Waals surface area contributed by atoms with Crippen LogP contribution in [0.2, 0.25) is 0 Å². The van der Waals surface area contributed by atoms with E-state index in [1.54, 1.807) is 17.1 Å². The Morgan fingerprint density at radius 1 is 1.00 bits per heavy atom. The van der Waals surface area contributed by atoms with Crippen molar-refractivity contribution >= 4 is 29.0 Å². The van der Waals surface area contributed by atoms with Gasteiger partial charge >= 0.3 is 0 Å². The van der Waals surface area contributed by atoms with E-state index in [1.807, 2.05) is 54.6 Å². The highest BCUT2D eigenvalue weighted by molar-refractivity contribution is 5.95. The summed E-state index contributed by atoms with van der Waals surface area (Å²) in [5.41, 5.74) is 6.10. The van der Waals surface area contributed by atoms with E-state index in [4.69, 9.17) is 0 Å². The third-order valence-electron chi connectivity index (χ3n) is 6.09. The second kappa shape index (κ2) is 10.9. The molecule has 0 unspecified atom stereocenters. The van der Waals surface area contributed by atoms with Gasteiger partial charge in [-0.1, -0.05) is 36.8 Å². The maximum Gasteiger partial charge on any atom is 0.251 e. The summed E-state index contributed by atoms with van der Waals surface area (Å²) in [5.74, 6) is 0.514. The molecular formula is C26H28N8O. The number of hydrazone groups is 1. The van der Waals surface area contributed by atoms with Gasteiger partial charge in [-0.3, -0.25) is 10.2 Å². The number of likely N-dealkylation sites (tertiary alicyclic amines) is 1. The monoisotopic (exact) mass is 468 g/mol. The third kappa shape index (κ3) is 5.52. The maximum absolute atomic E-state index is 12.4. The quantitative estimate of drug-likeness (QED) is 0.303. The van der Waals surface area contributed by atoms with Crippen LogP contribution < -0.4 is 10.7 Å². The SMILES string of the molecule is O=C(NCCN1CCCCC1)c1ccc(/C=N/Nc2ncnc3c2cnn3-c2ccccc2)cc1. The number of carbonyl (C=O) groups is 1. The van der Waals surface area contributed by atoms with Crippen LogP contribution in [-0.2, 0) is 0 Å². The van der Waals surface area contributed by atoms with Gasteiger partial charge in [0.25, 0.3) is 5.91 Å². The second-order valence-corrected chi connectivity index (χ2v) is 8.50. The lowest BCUT2D eigenvalue weighted by Gasteiger charge is -2.26. The number of amides is 1. The second-order valence-electron chi connectivity index (χ2n) is 8.50. The first kappa shape index (κ1) is 22.7. The highest BCUT2D eigenvalue weighted by Gasteiger charge is 2.12. The van der Waals surface area contributed by atoms with Crippen molar-refractivity contribution in [3.8, 4) is 5.69 Å². The molecule has 1 fully saturated rings. The summed E-state index contributed by atoms with van der Waals surface area (Å²) in [4.78, 5) is 23.5. The predicted molar refractivity (Wildman–Crippen MR) is 137 cm³/mol. The third-order valence-corrected chi connectivity index (χ3v) is 6.09. The number of hydrogen-bond acceptors (Lipinski definition) is 7. The minimum Gasteiger partial charge on any atom is -0.351 e. The van der Waals surface area contributed by atoms with E-state index < -0.39 is 0 Å². The predicted octanol–water partition coefficient (Wildman–Crippen LogP) is 3.48. The smallest absolute Gasteiger partial charge is 0.251 e.